The number of benzene rings is 1. The van der Waals surface area contributed by atoms with Gasteiger partial charge >= 0.3 is 0 Å². The van der Waals surface area contributed by atoms with E-state index in [2.05, 4.69) is 15.3 Å². The summed E-state index contributed by atoms with van der Waals surface area (Å²) in [7, 11) is 0. The first kappa shape index (κ1) is 17.7. The first-order valence-corrected chi connectivity index (χ1v) is 7.45. The van der Waals surface area contributed by atoms with E-state index in [1.165, 1.54) is 6.07 Å². The molecule has 0 saturated heterocycles. The third-order valence-corrected chi connectivity index (χ3v) is 3.80. The van der Waals surface area contributed by atoms with E-state index < -0.39 is 0 Å². The molecule has 23 heavy (non-hydrogen) atoms. The lowest BCUT2D eigenvalue weighted by Crippen LogP contribution is -2.34. The molecule has 1 fully saturated rings. The van der Waals surface area contributed by atoms with E-state index in [1.807, 2.05) is 30.3 Å². The van der Waals surface area contributed by atoms with Gasteiger partial charge in [0.25, 0.3) is 0 Å². The molecular weight excluding hydrogens is 406 g/mol. The number of guanidine groups is 1. The molecule has 2 aromatic rings. The van der Waals surface area contributed by atoms with E-state index in [-0.39, 0.29) is 41.8 Å². The molecule has 0 radical (unpaired) electrons. The molecular formula is C17H20FIN4. The van der Waals surface area contributed by atoms with Gasteiger partial charge in [0.2, 0.25) is 0 Å². The Bertz CT molecular complexity index is 663. The third kappa shape index (κ3) is 4.89. The summed E-state index contributed by atoms with van der Waals surface area (Å²) in [5, 5.41) is 3.16. The number of halogens is 2. The van der Waals surface area contributed by atoms with Crippen molar-refractivity contribution in [3.63, 3.8) is 0 Å². The molecule has 0 amide bonds. The average molecular weight is 426 g/mol. The summed E-state index contributed by atoms with van der Waals surface area (Å²) < 4.78 is 13.7. The van der Waals surface area contributed by atoms with Gasteiger partial charge in [0.05, 0.1) is 0 Å². The Hall–Kier alpha value is -1.70. The monoisotopic (exact) mass is 426 g/mol. The fourth-order valence-corrected chi connectivity index (χ4v) is 2.55. The van der Waals surface area contributed by atoms with Gasteiger partial charge in [-0.25, -0.2) is 4.39 Å². The van der Waals surface area contributed by atoms with Gasteiger partial charge in [-0.2, -0.15) is 0 Å². The molecule has 6 heteroatoms. The zero-order valence-electron chi connectivity index (χ0n) is 12.7. The number of pyridine rings is 1. The van der Waals surface area contributed by atoms with Gasteiger partial charge in [-0.05, 0) is 30.2 Å². The van der Waals surface area contributed by atoms with Crippen LogP contribution in [-0.4, -0.2) is 23.5 Å². The molecule has 0 spiro atoms. The lowest BCUT2D eigenvalue weighted by atomic mass is 10.1. The number of rotatable bonds is 5. The highest BCUT2D eigenvalue weighted by atomic mass is 127. The van der Waals surface area contributed by atoms with Crippen LogP contribution in [0.15, 0.2) is 53.7 Å². The molecule has 1 aliphatic rings. The van der Waals surface area contributed by atoms with Crippen LogP contribution in [0.2, 0.25) is 0 Å². The quantitative estimate of drug-likeness (QED) is 0.439. The van der Waals surface area contributed by atoms with Gasteiger partial charge in [0, 0.05) is 36.8 Å². The van der Waals surface area contributed by atoms with Crippen LogP contribution in [-0.2, 0) is 6.42 Å². The Morgan fingerprint density at radius 3 is 2.78 bits per heavy atom. The fraction of sp³-hybridized carbons (Fsp3) is 0.294. The Morgan fingerprint density at radius 1 is 1.26 bits per heavy atom. The average Bonchev–Trinajstić information content (AvgIpc) is 3.27. The molecule has 122 valence electrons. The number of nitrogens with zero attached hydrogens (tertiary/aromatic N) is 2. The van der Waals surface area contributed by atoms with Crippen molar-refractivity contribution in [1.82, 2.24) is 10.3 Å². The van der Waals surface area contributed by atoms with Crippen molar-refractivity contribution in [1.29, 1.82) is 0 Å². The second-order valence-electron chi connectivity index (χ2n) is 5.45. The summed E-state index contributed by atoms with van der Waals surface area (Å²) in [5.41, 5.74) is 7.63. The molecule has 3 rings (SSSR count). The number of hydrogen-bond acceptors (Lipinski definition) is 2. The fourth-order valence-electron chi connectivity index (χ4n) is 2.55. The van der Waals surface area contributed by atoms with E-state index >= 15 is 0 Å². The Labute approximate surface area is 152 Å². The summed E-state index contributed by atoms with van der Waals surface area (Å²) in [6.45, 7) is 0.590. The summed E-state index contributed by atoms with van der Waals surface area (Å²) in [6, 6.07) is 12.9. The van der Waals surface area contributed by atoms with Crippen LogP contribution in [0.1, 0.15) is 23.6 Å². The van der Waals surface area contributed by atoms with Crippen LogP contribution in [0.3, 0.4) is 0 Å². The highest BCUT2D eigenvalue weighted by Crippen LogP contribution is 2.41. The lowest BCUT2D eigenvalue weighted by molar-refractivity contribution is 0.608. The number of nitrogens with one attached hydrogen (secondary N) is 1. The van der Waals surface area contributed by atoms with Crippen molar-refractivity contribution in [3.05, 3.63) is 65.7 Å². The van der Waals surface area contributed by atoms with Gasteiger partial charge < -0.3 is 11.1 Å². The van der Waals surface area contributed by atoms with Gasteiger partial charge in [0.1, 0.15) is 5.82 Å². The Balaban J connectivity index is 0.00000192. The Morgan fingerprint density at radius 2 is 2.04 bits per heavy atom. The standard InChI is InChI=1S/C17H19FN4.HI/c18-15-7-2-1-6-13(15)14-11-16(14)22-17(19)21-10-8-12-5-3-4-9-20-12;/h1-7,9,14,16H,8,10-11H2,(H3,19,21,22);1H. The number of hydrogen-bond donors (Lipinski definition) is 2. The number of nitrogens with two attached hydrogens (primary N) is 1. The van der Waals surface area contributed by atoms with E-state index in [0.29, 0.717) is 12.5 Å². The van der Waals surface area contributed by atoms with E-state index in [9.17, 15) is 4.39 Å². The van der Waals surface area contributed by atoms with Crippen molar-refractivity contribution in [2.45, 2.75) is 24.8 Å². The minimum absolute atomic E-state index is 0. The second-order valence-corrected chi connectivity index (χ2v) is 5.45. The highest BCUT2D eigenvalue weighted by Gasteiger charge is 2.40. The van der Waals surface area contributed by atoms with Crippen molar-refractivity contribution in [3.8, 4) is 0 Å². The van der Waals surface area contributed by atoms with Crippen LogP contribution in [0.4, 0.5) is 4.39 Å². The first-order chi connectivity index (χ1) is 10.7. The molecule has 1 heterocycles. The van der Waals surface area contributed by atoms with Crippen molar-refractivity contribution in [2.75, 3.05) is 6.54 Å². The molecule has 4 nitrogen and oxygen atoms in total. The predicted molar refractivity (Wildman–Crippen MR) is 101 cm³/mol. The van der Waals surface area contributed by atoms with Gasteiger partial charge in [-0.15, -0.1) is 24.0 Å². The molecule has 1 aromatic carbocycles. The maximum atomic E-state index is 13.7. The largest absolute Gasteiger partial charge is 0.370 e. The molecule has 1 aromatic heterocycles. The number of aliphatic imine (C=N–C) groups is 1. The summed E-state index contributed by atoms with van der Waals surface area (Å²) in [4.78, 5) is 8.54. The SMILES string of the molecule is I.NC(=NCCc1ccccn1)NC1CC1c1ccccc1F. The van der Waals surface area contributed by atoms with E-state index in [4.69, 9.17) is 5.73 Å². The number of aromatic nitrogens is 1. The summed E-state index contributed by atoms with van der Waals surface area (Å²) in [5.74, 6) is 0.452. The smallest absolute Gasteiger partial charge is 0.188 e. The third-order valence-electron chi connectivity index (χ3n) is 3.80. The minimum atomic E-state index is -0.150. The van der Waals surface area contributed by atoms with Gasteiger partial charge in [-0.3, -0.25) is 9.98 Å². The van der Waals surface area contributed by atoms with Crippen LogP contribution in [0.5, 0.6) is 0 Å². The van der Waals surface area contributed by atoms with Gasteiger partial charge in [-0.1, -0.05) is 24.3 Å². The van der Waals surface area contributed by atoms with Crippen LogP contribution in [0.25, 0.3) is 0 Å². The van der Waals surface area contributed by atoms with Crippen LogP contribution in [0, 0.1) is 5.82 Å². The lowest BCUT2D eigenvalue weighted by Gasteiger charge is -2.06. The zero-order valence-corrected chi connectivity index (χ0v) is 15.0. The molecule has 0 bridgehead atoms. The molecule has 1 aliphatic carbocycles. The maximum Gasteiger partial charge on any atom is 0.188 e. The molecule has 0 aliphatic heterocycles. The van der Waals surface area contributed by atoms with Crippen molar-refractivity contribution >= 4 is 29.9 Å². The molecule has 3 N–H and O–H groups in total. The first-order valence-electron chi connectivity index (χ1n) is 7.45. The van der Waals surface area contributed by atoms with E-state index in [1.54, 1.807) is 12.3 Å². The van der Waals surface area contributed by atoms with Gasteiger partial charge in [0.15, 0.2) is 5.96 Å². The molecule has 2 atom stereocenters. The molecule has 2 unspecified atom stereocenters. The van der Waals surface area contributed by atoms with E-state index in [0.717, 1.165) is 24.1 Å². The summed E-state index contributed by atoms with van der Waals surface area (Å²) in [6.07, 6.45) is 3.41. The summed E-state index contributed by atoms with van der Waals surface area (Å²) >= 11 is 0. The Kier molecular flexibility index (Phi) is 6.32. The predicted octanol–water partition coefficient (Wildman–Crippen LogP) is 2.84. The topological polar surface area (TPSA) is 63.3 Å². The van der Waals surface area contributed by atoms with Crippen molar-refractivity contribution in [2.24, 2.45) is 10.7 Å². The normalized spacial score (nSPS) is 19.8. The van der Waals surface area contributed by atoms with Crippen molar-refractivity contribution < 1.29 is 4.39 Å². The maximum absolute atomic E-state index is 13.7. The molecule has 1 saturated carbocycles. The zero-order chi connectivity index (χ0) is 15.4. The van der Waals surface area contributed by atoms with Crippen LogP contribution >= 0.6 is 24.0 Å². The second kappa shape index (κ2) is 8.24. The minimum Gasteiger partial charge on any atom is -0.370 e. The van der Waals surface area contributed by atoms with Crippen LogP contribution < -0.4 is 11.1 Å². The highest BCUT2D eigenvalue weighted by molar-refractivity contribution is 14.0.